The van der Waals surface area contributed by atoms with Crippen LogP contribution < -0.4 is 0 Å². The lowest BCUT2D eigenvalue weighted by molar-refractivity contribution is -0.0353. The molecule has 1 aliphatic carbocycles. The van der Waals surface area contributed by atoms with E-state index in [1.54, 1.807) is 7.11 Å². The molecular formula is C14H22N2OS. The van der Waals surface area contributed by atoms with Gasteiger partial charge in [0.05, 0.1) is 0 Å². The Morgan fingerprint density at radius 1 is 1.17 bits per heavy atom. The Labute approximate surface area is 114 Å². The summed E-state index contributed by atoms with van der Waals surface area (Å²) < 4.78 is 6.55. The lowest BCUT2D eigenvalue weighted by Crippen LogP contribution is -2.31. The maximum absolute atomic E-state index is 5.85. The first kappa shape index (κ1) is 13.7. The van der Waals surface area contributed by atoms with Gasteiger partial charge in [-0.25, -0.2) is 4.98 Å². The molecule has 0 aromatic carbocycles. The highest BCUT2D eigenvalue weighted by atomic mass is 32.1. The molecule has 1 aromatic rings. The fraction of sp³-hybridized carbons (Fsp3) is 0.714. The highest BCUT2D eigenvalue weighted by Crippen LogP contribution is 2.37. The quantitative estimate of drug-likeness (QED) is 0.650. The van der Waals surface area contributed by atoms with Crippen LogP contribution in [0, 0.1) is 18.5 Å². The standard InChI is InChI=1S/C14H22N2OS/c1-10-11(2)15-13(16-12(10)18)14(17-3)8-6-4-5-7-9-14/h4-9H2,1-3H3,(H,15,16,18). The maximum Gasteiger partial charge on any atom is 0.140 e. The van der Waals surface area contributed by atoms with Crippen LogP contribution in [0.4, 0.5) is 0 Å². The number of aromatic nitrogens is 2. The molecule has 1 heterocycles. The summed E-state index contributed by atoms with van der Waals surface area (Å²) in [5, 5.41) is 0. The SMILES string of the molecule is COC1(c2nc(=S)c(C)c(C)[nH]2)CCCCCC1. The first-order valence-corrected chi connectivity index (χ1v) is 7.13. The van der Waals surface area contributed by atoms with E-state index in [2.05, 4.69) is 16.9 Å². The second kappa shape index (κ2) is 5.49. The molecule has 1 aliphatic rings. The zero-order chi connectivity index (χ0) is 13.2. The summed E-state index contributed by atoms with van der Waals surface area (Å²) in [5.74, 6) is 0.917. The highest BCUT2D eigenvalue weighted by molar-refractivity contribution is 7.71. The van der Waals surface area contributed by atoms with E-state index in [9.17, 15) is 0 Å². The van der Waals surface area contributed by atoms with Crippen LogP contribution >= 0.6 is 12.2 Å². The molecule has 0 unspecified atom stereocenters. The first-order chi connectivity index (χ1) is 8.59. The Kier molecular flexibility index (Phi) is 4.17. The van der Waals surface area contributed by atoms with E-state index >= 15 is 0 Å². The lowest BCUT2D eigenvalue weighted by atomic mass is 9.93. The molecule has 4 heteroatoms. The lowest BCUT2D eigenvalue weighted by Gasteiger charge is -2.30. The van der Waals surface area contributed by atoms with E-state index in [0.717, 1.165) is 29.9 Å². The summed E-state index contributed by atoms with van der Waals surface area (Å²) in [7, 11) is 1.79. The number of methoxy groups -OCH3 is 1. The molecule has 0 spiro atoms. The number of aryl methyl sites for hydroxylation is 1. The Morgan fingerprint density at radius 3 is 2.28 bits per heavy atom. The first-order valence-electron chi connectivity index (χ1n) is 6.72. The molecule has 1 fully saturated rings. The van der Waals surface area contributed by atoms with Crippen LogP contribution in [-0.2, 0) is 10.3 Å². The molecule has 0 radical (unpaired) electrons. The average Bonchev–Trinajstić information content (AvgIpc) is 2.61. The molecule has 0 atom stereocenters. The van der Waals surface area contributed by atoms with Crippen molar-refractivity contribution >= 4 is 12.2 Å². The monoisotopic (exact) mass is 266 g/mol. The second-order valence-electron chi connectivity index (χ2n) is 5.25. The van der Waals surface area contributed by atoms with Gasteiger partial charge in [-0.15, -0.1) is 0 Å². The molecular weight excluding hydrogens is 244 g/mol. The van der Waals surface area contributed by atoms with Gasteiger partial charge in [0, 0.05) is 18.4 Å². The normalized spacial score (nSPS) is 19.5. The van der Waals surface area contributed by atoms with Crippen molar-refractivity contribution in [2.24, 2.45) is 0 Å². The van der Waals surface area contributed by atoms with E-state index in [1.807, 2.05) is 6.92 Å². The molecule has 1 saturated carbocycles. The van der Waals surface area contributed by atoms with Crippen molar-refractivity contribution in [3.63, 3.8) is 0 Å². The summed E-state index contributed by atoms with van der Waals surface area (Å²) in [5.41, 5.74) is 1.90. The van der Waals surface area contributed by atoms with Gasteiger partial charge in [-0.05, 0) is 26.7 Å². The van der Waals surface area contributed by atoms with Gasteiger partial charge in [0.25, 0.3) is 0 Å². The molecule has 1 aromatic heterocycles. The summed E-state index contributed by atoms with van der Waals surface area (Å²) in [6.07, 6.45) is 7.04. The minimum absolute atomic E-state index is 0.261. The van der Waals surface area contributed by atoms with Gasteiger partial charge < -0.3 is 9.72 Å². The van der Waals surface area contributed by atoms with Gasteiger partial charge >= 0.3 is 0 Å². The number of nitrogens with one attached hydrogen (secondary N) is 1. The van der Waals surface area contributed by atoms with Crippen molar-refractivity contribution in [1.29, 1.82) is 0 Å². The Morgan fingerprint density at radius 2 is 1.78 bits per heavy atom. The summed E-state index contributed by atoms with van der Waals surface area (Å²) in [6.45, 7) is 4.06. The fourth-order valence-electron chi connectivity index (χ4n) is 2.70. The zero-order valence-corrected chi connectivity index (χ0v) is 12.3. The van der Waals surface area contributed by atoms with Crippen molar-refractivity contribution in [1.82, 2.24) is 9.97 Å². The van der Waals surface area contributed by atoms with Crippen LogP contribution in [-0.4, -0.2) is 17.1 Å². The van der Waals surface area contributed by atoms with Gasteiger partial charge in [-0.1, -0.05) is 37.9 Å². The number of ether oxygens (including phenoxy) is 1. The van der Waals surface area contributed by atoms with E-state index in [-0.39, 0.29) is 5.60 Å². The Bertz CT molecular complexity index is 473. The molecule has 0 amide bonds. The summed E-state index contributed by atoms with van der Waals surface area (Å²) >= 11 is 5.34. The van der Waals surface area contributed by atoms with Gasteiger partial charge in [-0.2, -0.15) is 0 Å². The largest absolute Gasteiger partial charge is 0.370 e. The summed E-state index contributed by atoms with van der Waals surface area (Å²) in [4.78, 5) is 7.98. The van der Waals surface area contributed by atoms with E-state index in [0.29, 0.717) is 4.64 Å². The average molecular weight is 266 g/mol. The molecule has 2 rings (SSSR count). The molecule has 3 nitrogen and oxygen atoms in total. The van der Waals surface area contributed by atoms with Gasteiger partial charge in [0.2, 0.25) is 0 Å². The third kappa shape index (κ3) is 2.50. The van der Waals surface area contributed by atoms with Crippen LogP contribution in [0.25, 0.3) is 0 Å². The van der Waals surface area contributed by atoms with Crippen molar-refractivity contribution in [3.05, 3.63) is 21.7 Å². The van der Waals surface area contributed by atoms with Crippen molar-refractivity contribution in [3.8, 4) is 0 Å². The minimum Gasteiger partial charge on any atom is -0.370 e. The Hall–Kier alpha value is -0.740. The van der Waals surface area contributed by atoms with Crippen LogP contribution in [0.15, 0.2) is 0 Å². The number of hydrogen-bond acceptors (Lipinski definition) is 3. The molecule has 100 valence electrons. The van der Waals surface area contributed by atoms with Crippen molar-refractivity contribution in [2.45, 2.75) is 58.0 Å². The third-order valence-electron chi connectivity index (χ3n) is 4.14. The van der Waals surface area contributed by atoms with E-state index in [1.165, 1.54) is 25.7 Å². The topological polar surface area (TPSA) is 37.9 Å². The van der Waals surface area contributed by atoms with Gasteiger partial charge in [0.15, 0.2) is 0 Å². The van der Waals surface area contributed by atoms with Gasteiger partial charge in [0.1, 0.15) is 16.1 Å². The molecule has 18 heavy (non-hydrogen) atoms. The fourth-order valence-corrected chi connectivity index (χ4v) is 2.94. The van der Waals surface area contributed by atoms with Gasteiger partial charge in [-0.3, -0.25) is 0 Å². The summed E-state index contributed by atoms with van der Waals surface area (Å²) in [6, 6.07) is 0. The minimum atomic E-state index is -0.261. The number of hydrogen-bond donors (Lipinski definition) is 1. The predicted octanol–water partition coefficient (Wildman–Crippen LogP) is 3.95. The van der Waals surface area contributed by atoms with E-state index in [4.69, 9.17) is 17.0 Å². The molecule has 0 aliphatic heterocycles. The van der Waals surface area contributed by atoms with Crippen LogP contribution in [0.3, 0.4) is 0 Å². The predicted molar refractivity (Wildman–Crippen MR) is 75.3 cm³/mol. The molecule has 1 N–H and O–H groups in total. The van der Waals surface area contributed by atoms with E-state index < -0.39 is 0 Å². The zero-order valence-electron chi connectivity index (χ0n) is 11.5. The second-order valence-corrected chi connectivity index (χ2v) is 5.64. The Balaban J connectivity index is 2.46. The van der Waals surface area contributed by atoms with Crippen LogP contribution in [0.1, 0.15) is 55.6 Å². The third-order valence-corrected chi connectivity index (χ3v) is 4.53. The van der Waals surface area contributed by atoms with Crippen LogP contribution in [0.2, 0.25) is 0 Å². The molecule has 0 saturated heterocycles. The van der Waals surface area contributed by atoms with Crippen LogP contribution in [0.5, 0.6) is 0 Å². The van der Waals surface area contributed by atoms with Crippen molar-refractivity contribution < 1.29 is 4.74 Å². The highest BCUT2D eigenvalue weighted by Gasteiger charge is 2.35. The number of nitrogens with zero attached hydrogens (tertiary/aromatic N) is 1. The number of aromatic amines is 1. The molecule has 0 bridgehead atoms. The number of rotatable bonds is 2. The maximum atomic E-state index is 5.85. The number of H-pyrrole nitrogens is 1. The smallest absolute Gasteiger partial charge is 0.140 e. The van der Waals surface area contributed by atoms with Crippen molar-refractivity contribution in [2.75, 3.05) is 7.11 Å².